The van der Waals surface area contributed by atoms with Gasteiger partial charge in [0.1, 0.15) is 0 Å². The minimum absolute atomic E-state index is 0.0365. The van der Waals surface area contributed by atoms with E-state index in [-0.39, 0.29) is 5.91 Å². The second-order valence-corrected chi connectivity index (χ2v) is 5.22. The number of hydrogen-bond donors (Lipinski definition) is 1. The van der Waals surface area contributed by atoms with Gasteiger partial charge in [0.2, 0.25) is 5.91 Å². The van der Waals surface area contributed by atoms with E-state index in [2.05, 4.69) is 15.6 Å². The maximum atomic E-state index is 12.0. The lowest BCUT2D eigenvalue weighted by Crippen LogP contribution is -2.23. The number of carbonyl (C=O) groups is 1. The summed E-state index contributed by atoms with van der Waals surface area (Å²) in [6.07, 6.45) is 4.26. The highest BCUT2D eigenvalue weighted by Gasteiger charge is 2.18. The fourth-order valence-corrected chi connectivity index (χ4v) is 2.45. The number of aromatic nitrogens is 3. The third-order valence-electron chi connectivity index (χ3n) is 3.51. The van der Waals surface area contributed by atoms with Crippen LogP contribution in [0.2, 0.25) is 0 Å². The van der Waals surface area contributed by atoms with Crippen molar-refractivity contribution in [1.82, 2.24) is 15.0 Å². The van der Waals surface area contributed by atoms with Gasteiger partial charge in [-0.15, -0.1) is 5.10 Å². The first-order valence-electron chi connectivity index (χ1n) is 7.16. The lowest BCUT2D eigenvalue weighted by molar-refractivity contribution is -0.118. The van der Waals surface area contributed by atoms with Crippen molar-refractivity contribution < 1.29 is 9.53 Å². The molecular weight excluding hydrogens is 268 g/mol. The van der Waals surface area contributed by atoms with Gasteiger partial charge >= 0.3 is 0 Å². The van der Waals surface area contributed by atoms with Gasteiger partial charge in [0, 0.05) is 19.6 Å². The van der Waals surface area contributed by atoms with Gasteiger partial charge in [-0.05, 0) is 30.9 Å². The fourth-order valence-electron chi connectivity index (χ4n) is 2.45. The van der Waals surface area contributed by atoms with Crippen LogP contribution < -0.4 is 5.32 Å². The molecule has 1 aromatic heterocycles. The molecule has 1 aliphatic rings. The molecule has 1 unspecified atom stereocenters. The van der Waals surface area contributed by atoms with Gasteiger partial charge < -0.3 is 10.1 Å². The molecule has 0 saturated carbocycles. The summed E-state index contributed by atoms with van der Waals surface area (Å²) in [5, 5.41) is 10.8. The molecule has 0 bridgehead atoms. The highest BCUT2D eigenvalue weighted by Crippen LogP contribution is 2.18. The minimum Gasteiger partial charge on any atom is -0.381 e. The molecule has 1 atom stereocenters. The van der Waals surface area contributed by atoms with Crippen LogP contribution in [0, 0.1) is 5.92 Å². The Balaban J connectivity index is 1.58. The number of ether oxygens (including phenoxy) is 1. The Morgan fingerprint density at radius 1 is 1.38 bits per heavy atom. The quantitative estimate of drug-likeness (QED) is 0.933. The molecule has 2 aromatic rings. The summed E-state index contributed by atoms with van der Waals surface area (Å²) >= 11 is 0. The Bertz CT molecular complexity index is 591. The Kier molecular flexibility index (Phi) is 4.25. The molecule has 0 aliphatic carbocycles. The Morgan fingerprint density at radius 2 is 2.24 bits per heavy atom. The van der Waals surface area contributed by atoms with E-state index >= 15 is 0 Å². The van der Waals surface area contributed by atoms with Crippen molar-refractivity contribution >= 4 is 11.7 Å². The van der Waals surface area contributed by atoms with Crippen LogP contribution in [-0.2, 0) is 9.53 Å². The van der Waals surface area contributed by atoms with Gasteiger partial charge in [-0.25, -0.2) is 4.68 Å². The van der Waals surface area contributed by atoms with Crippen LogP contribution in [0.25, 0.3) is 5.69 Å². The zero-order valence-corrected chi connectivity index (χ0v) is 11.7. The summed E-state index contributed by atoms with van der Waals surface area (Å²) < 4.78 is 7.02. The number of rotatable bonds is 4. The molecule has 21 heavy (non-hydrogen) atoms. The van der Waals surface area contributed by atoms with E-state index < -0.39 is 0 Å². The van der Waals surface area contributed by atoms with Crippen LogP contribution in [0.4, 0.5) is 5.82 Å². The Morgan fingerprint density at radius 3 is 3.00 bits per heavy atom. The van der Waals surface area contributed by atoms with Gasteiger partial charge in [-0.1, -0.05) is 23.4 Å². The number of para-hydroxylation sites is 1. The van der Waals surface area contributed by atoms with Crippen molar-refractivity contribution in [2.24, 2.45) is 5.92 Å². The third-order valence-corrected chi connectivity index (χ3v) is 3.51. The number of nitrogens with zero attached hydrogens (tertiary/aromatic N) is 3. The standard InChI is InChI=1S/C15H18N4O2/c20-15(9-12-5-4-8-21-11-12)16-14-10-19(18-17-14)13-6-2-1-3-7-13/h1-3,6-7,10,12H,4-5,8-9,11H2,(H,16,20). The van der Waals surface area contributed by atoms with E-state index in [4.69, 9.17) is 4.74 Å². The van der Waals surface area contributed by atoms with Gasteiger partial charge in [0.15, 0.2) is 5.82 Å². The average Bonchev–Trinajstić information content (AvgIpc) is 2.97. The predicted molar refractivity (Wildman–Crippen MR) is 78.1 cm³/mol. The van der Waals surface area contributed by atoms with Crippen molar-refractivity contribution in [3.8, 4) is 5.69 Å². The van der Waals surface area contributed by atoms with E-state index in [1.165, 1.54) is 0 Å². The summed E-state index contributed by atoms with van der Waals surface area (Å²) in [5.74, 6) is 0.745. The lowest BCUT2D eigenvalue weighted by Gasteiger charge is -2.21. The largest absolute Gasteiger partial charge is 0.381 e. The summed E-state index contributed by atoms with van der Waals surface area (Å²) in [6, 6.07) is 9.66. The van der Waals surface area contributed by atoms with E-state index in [1.54, 1.807) is 10.9 Å². The molecule has 0 spiro atoms. The number of benzene rings is 1. The molecule has 3 rings (SSSR count). The number of nitrogens with one attached hydrogen (secondary N) is 1. The molecular formula is C15H18N4O2. The lowest BCUT2D eigenvalue weighted by atomic mass is 9.98. The van der Waals surface area contributed by atoms with Gasteiger partial charge in [0.25, 0.3) is 0 Å². The summed E-state index contributed by atoms with van der Waals surface area (Å²) in [4.78, 5) is 12.0. The Labute approximate surface area is 123 Å². The molecule has 1 N–H and O–H groups in total. The highest BCUT2D eigenvalue weighted by atomic mass is 16.5. The summed E-state index contributed by atoms with van der Waals surface area (Å²) in [5.41, 5.74) is 0.908. The molecule has 1 saturated heterocycles. The van der Waals surface area contributed by atoms with Gasteiger partial charge in [-0.2, -0.15) is 0 Å². The SMILES string of the molecule is O=C(CC1CCCOC1)Nc1cn(-c2ccccc2)nn1. The average molecular weight is 286 g/mol. The van der Waals surface area contributed by atoms with E-state index in [1.807, 2.05) is 30.3 Å². The van der Waals surface area contributed by atoms with E-state index in [0.29, 0.717) is 24.8 Å². The predicted octanol–water partition coefficient (Wildman–Crippen LogP) is 2.02. The van der Waals surface area contributed by atoms with Crippen LogP contribution >= 0.6 is 0 Å². The Hall–Kier alpha value is -2.21. The molecule has 6 nitrogen and oxygen atoms in total. The molecule has 1 aliphatic heterocycles. The van der Waals surface area contributed by atoms with Crippen molar-refractivity contribution in [1.29, 1.82) is 0 Å². The maximum absolute atomic E-state index is 12.0. The van der Waals surface area contributed by atoms with Gasteiger partial charge in [-0.3, -0.25) is 4.79 Å². The molecule has 1 amide bonds. The van der Waals surface area contributed by atoms with Crippen LogP contribution in [-0.4, -0.2) is 34.1 Å². The van der Waals surface area contributed by atoms with Crippen molar-refractivity contribution in [2.75, 3.05) is 18.5 Å². The summed E-state index contributed by atoms with van der Waals surface area (Å²) in [6.45, 7) is 1.48. The van der Waals surface area contributed by atoms with E-state index in [9.17, 15) is 4.79 Å². The normalized spacial score (nSPS) is 18.4. The topological polar surface area (TPSA) is 69.0 Å². The van der Waals surface area contributed by atoms with Crippen molar-refractivity contribution in [3.05, 3.63) is 36.5 Å². The molecule has 1 fully saturated rings. The zero-order chi connectivity index (χ0) is 14.5. The van der Waals surface area contributed by atoms with Crippen molar-refractivity contribution in [2.45, 2.75) is 19.3 Å². The van der Waals surface area contributed by atoms with E-state index in [0.717, 1.165) is 25.1 Å². The van der Waals surface area contributed by atoms with Crippen LogP contribution in [0.1, 0.15) is 19.3 Å². The second-order valence-electron chi connectivity index (χ2n) is 5.22. The first-order valence-corrected chi connectivity index (χ1v) is 7.16. The first kappa shape index (κ1) is 13.8. The minimum atomic E-state index is -0.0365. The first-order chi connectivity index (χ1) is 10.3. The smallest absolute Gasteiger partial charge is 0.225 e. The second kappa shape index (κ2) is 6.49. The van der Waals surface area contributed by atoms with Gasteiger partial charge in [0.05, 0.1) is 11.9 Å². The molecule has 0 radical (unpaired) electrons. The molecule has 2 heterocycles. The fraction of sp³-hybridized carbons (Fsp3) is 0.400. The highest BCUT2D eigenvalue weighted by molar-refractivity contribution is 5.89. The molecule has 110 valence electrons. The van der Waals surface area contributed by atoms with Crippen LogP contribution in [0.3, 0.4) is 0 Å². The zero-order valence-electron chi connectivity index (χ0n) is 11.7. The monoisotopic (exact) mass is 286 g/mol. The van der Waals surface area contributed by atoms with Crippen LogP contribution in [0.5, 0.6) is 0 Å². The molecule has 1 aromatic carbocycles. The number of carbonyl (C=O) groups excluding carboxylic acids is 1. The maximum Gasteiger partial charge on any atom is 0.225 e. The number of amides is 1. The number of anilines is 1. The molecule has 6 heteroatoms. The third kappa shape index (κ3) is 3.66. The number of hydrogen-bond acceptors (Lipinski definition) is 4. The van der Waals surface area contributed by atoms with Crippen LogP contribution in [0.15, 0.2) is 36.5 Å². The van der Waals surface area contributed by atoms with Crippen molar-refractivity contribution in [3.63, 3.8) is 0 Å². The summed E-state index contributed by atoms with van der Waals surface area (Å²) in [7, 11) is 0.